The molecule has 0 aromatic heterocycles. The number of carbonyl (C=O) groups is 4. The number of hydrogen-bond acceptors (Lipinski definition) is 10. The number of carbonyl (C=O) groups excluding carboxylic acids is 4. The summed E-state index contributed by atoms with van der Waals surface area (Å²) in [5, 5.41) is 23.0. The lowest BCUT2D eigenvalue weighted by atomic mass is 9.34. The van der Waals surface area contributed by atoms with E-state index >= 15 is 0 Å². The van der Waals surface area contributed by atoms with Gasteiger partial charge < -0.3 is 29.2 Å². The molecule has 4 fully saturated rings. The van der Waals surface area contributed by atoms with Gasteiger partial charge in [0.05, 0.1) is 37.8 Å². The highest BCUT2D eigenvalue weighted by molar-refractivity contribution is 6.11. The van der Waals surface area contributed by atoms with Crippen molar-refractivity contribution in [3.63, 3.8) is 0 Å². The Morgan fingerprint density at radius 3 is 2.02 bits per heavy atom. The molecule has 4 rings (SSSR count). The second kappa shape index (κ2) is 9.43. The Labute approximate surface area is 242 Å². The van der Waals surface area contributed by atoms with Gasteiger partial charge in [0.1, 0.15) is 6.10 Å². The van der Waals surface area contributed by atoms with Crippen LogP contribution in [-0.2, 0) is 38.1 Å². The van der Waals surface area contributed by atoms with E-state index in [1.165, 1.54) is 6.92 Å². The Hall–Kier alpha value is -2.14. The summed E-state index contributed by atoms with van der Waals surface area (Å²) in [4.78, 5) is 54.7. The quantitative estimate of drug-likeness (QED) is 0.290. The third-order valence-electron chi connectivity index (χ3n) is 11.8. The summed E-state index contributed by atoms with van der Waals surface area (Å²) in [5.41, 5.74) is -7.31. The number of Topliss-reactive ketones (excluding diaryl/α,β-unsaturated/α-hetero) is 2. The first kappa shape index (κ1) is 31.8. The fourth-order valence-electron chi connectivity index (χ4n) is 9.40. The number of hydrogen-bond donors (Lipinski definition) is 2. The van der Waals surface area contributed by atoms with Crippen molar-refractivity contribution in [3.8, 4) is 0 Å². The number of ether oxygens (including phenoxy) is 4. The molecule has 41 heavy (non-hydrogen) atoms. The van der Waals surface area contributed by atoms with Gasteiger partial charge in [0.15, 0.2) is 17.4 Å². The van der Waals surface area contributed by atoms with Gasteiger partial charge in [-0.05, 0) is 51.9 Å². The molecule has 10 nitrogen and oxygen atoms in total. The zero-order valence-electron chi connectivity index (χ0n) is 26.0. The molecule has 10 atom stereocenters. The molecular weight excluding hydrogens is 532 g/mol. The van der Waals surface area contributed by atoms with E-state index in [1.807, 2.05) is 34.6 Å². The van der Waals surface area contributed by atoms with Crippen molar-refractivity contribution in [1.29, 1.82) is 0 Å². The van der Waals surface area contributed by atoms with Crippen LogP contribution in [0, 0.1) is 39.4 Å². The van der Waals surface area contributed by atoms with Crippen molar-refractivity contribution >= 4 is 23.5 Å². The zero-order valence-corrected chi connectivity index (χ0v) is 26.0. The van der Waals surface area contributed by atoms with Crippen molar-refractivity contribution in [2.75, 3.05) is 14.2 Å². The Kier molecular flexibility index (Phi) is 7.31. The van der Waals surface area contributed by atoms with Gasteiger partial charge in [-0.2, -0.15) is 0 Å². The summed E-state index contributed by atoms with van der Waals surface area (Å²) >= 11 is 0. The molecule has 1 saturated heterocycles. The SMILES string of the molecule is C=C1C[C@H]2[C@]3(C)CCC4(O[C@H](C)[C@@H](C)O4)C(C)(C)[C@H]3C(=O)[C@@H](O)[C@]2(C)[C@@H](C(=O)OC)[C@]1(C)C(=O)[C@](C)(O)C(=O)OC. The van der Waals surface area contributed by atoms with Crippen LogP contribution in [0.1, 0.15) is 74.7 Å². The molecule has 1 aliphatic heterocycles. The van der Waals surface area contributed by atoms with E-state index in [4.69, 9.17) is 14.2 Å². The zero-order chi connectivity index (χ0) is 31.3. The van der Waals surface area contributed by atoms with E-state index in [9.17, 15) is 29.4 Å². The largest absolute Gasteiger partial charge is 0.469 e. The van der Waals surface area contributed by atoms with E-state index < -0.39 is 80.4 Å². The summed E-state index contributed by atoms with van der Waals surface area (Å²) in [5.74, 6) is -7.20. The van der Waals surface area contributed by atoms with Crippen LogP contribution in [0.15, 0.2) is 12.2 Å². The summed E-state index contributed by atoms with van der Waals surface area (Å²) in [7, 11) is 2.20. The first-order valence-electron chi connectivity index (χ1n) is 14.3. The molecule has 3 saturated carbocycles. The highest BCUT2D eigenvalue weighted by atomic mass is 16.8. The van der Waals surface area contributed by atoms with Crippen LogP contribution in [-0.4, -0.2) is 77.6 Å². The van der Waals surface area contributed by atoms with Gasteiger partial charge in [-0.15, -0.1) is 0 Å². The summed E-state index contributed by atoms with van der Waals surface area (Å²) < 4.78 is 22.7. The van der Waals surface area contributed by atoms with Gasteiger partial charge in [0.25, 0.3) is 0 Å². The number of esters is 2. The van der Waals surface area contributed by atoms with E-state index in [0.29, 0.717) is 18.4 Å². The summed E-state index contributed by atoms with van der Waals surface area (Å²) in [6.45, 7) is 18.0. The lowest BCUT2D eigenvalue weighted by Crippen LogP contribution is -2.75. The van der Waals surface area contributed by atoms with Gasteiger partial charge in [-0.25, -0.2) is 4.79 Å². The molecule has 0 amide bonds. The maximum absolute atomic E-state index is 14.5. The fraction of sp³-hybridized carbons (Fsp3) is 0.806. The number of ketones is 2. The van der Waals surface area contributed by atoms with Crippen molar-refractivity contribution in [1.82, 2.24) is 0 Å². The normalized spacial score (nSPS) is 44.4. The van der Waals surface area contributed by atoms with Crippen LogP contribution in [0.25, 0.3) is 0 Å². The monoisotopic (exact) mass is 578 g/mol. The van der Waals surface area contributed by atoms with Crippen molar-refractivity contribution < 1.29 is 48.3 Å². The Morgan fingerprint density at radius 2 is 1.54 bits per heavy atom. The number of rotatable bonds is 4. The number of allylic oxidation sites excluding steroid dienone is 1. The maximum Gasteiger partial charge on any atom is 0.345 e. The van der Waals surface area contributed by atoms with Crippen LogP contribution < -0.4 is 0 Å². The number of aliphatic hydroxyl groups excluding tert-OH is 1. The van der Waals surface area contributed by atoms with Crippen molar-refractivity contribution in [2.24, 2.45) is 39.4 Å². The molecule has 0 radical (unpaired) electrons. The first-order valence-corrected chi connectivity index (χ1v) is 14.3. The van der Waals surface area contributed by atoms with E-state index in [0.717, 1.165) is 21.1 Å². The standard InChI is InChI=1S/C31H46O10/c1-15-14-18-27(6)12-13-31(40-16(2)17(3)41-31)26(4,5)20(27)19(32)22(33)29(18,8)21(23(34)38-10)28(15,7)24(35)30(9,37)25(36)39-11/h16-18,20-22,33,37H,1,12-14H2,2-11H3/t16-,17-,18+,20-,21+,22-,27+,28-,29+,30+/m1/s1. The smallest absolute Gasteiger partial charge is 0.345 e. The predicted octanol–water partition coefficient (Wildman–Crippen LogP) is 2.76. The minimum atomic E-state index is -2.62. The lowest BCUT2D eigenvalue weighted by molar-refractivity contribution is -0.310. The molecule has 0 bridgehead atoms. The van der Waals surface area contributed by atoms with Crippen LogP contribution in [0.5, 0.6) is 0 Å². The van der Waals surface area contributed by atoms with Crippen LogP contribution in [0.2, 0.25) is 0 Å². The molecule has 0 unspecified atom stereocenters. The maximum atomic E-state index is 14.5. The fourth-order valence-corrected chi connectivity index (χ4v) is 9.40. The molecule has 0 aromatic rings. The molecule has 1 spiro atoms. The molecule has 2 N–H and O–H groups in total. The van der Waals surface area contributed by atoms with E-state index in [1.54, 1.807) is 6.92 Å². The molecule has 10 heteroatoms. The first-order chi connectivity index (χ1) is 18.7. The Morgan fingerprint density at radius 1 is 1.00 bits per heavy atom. The molecule has 0 aromatic carbocycles. The van der Waals surface area contributed by atoms with E-state index in [-0.39, 0.29) is 18.6 Å². The topological polar surface area (TPSA) is 146 Å². The number of fused-ring (bicyclic) bond motifs is 3. The minimum absolute atomic E-state index is 0.165. The number of methoxy groups -OCH3 is 2. The van der Waals surface area contributed by atoms with Crippen LogP contribution in [0.3, 0.4) is 0 Å². The Bertz CT molecular complexity index is 1180. The summed E-state index contributed by atoms with van der Waals surface area (Å²) in [6.07, 6.45) is -0.896. The highest BCUT2D eigenvalue weighted by Gasteiger charge is 2.78. The number of aliphatic hydroxyl groups is 2. The van der Waals surface area contributed by atoms with Crippen molar-refractivity contribution in [2.45, 2.75) is 104 Å². The molecule has 3 aliphatic carbocycles. The molecule has 1 heterocycles. The minimum Gasteiger partial charge on any atom is -0.469 e. The third-order valence-corrected chi connectivity index (χ3v) is 11.8. The molecular formula is C31H46O10. The molecule has 4 aliphatic rings. The van der Waals surface area contributed by atoms with Crippen molar-refractivity contribution in [3.05, 3.63) is 12.2 Å². The third kappa shape index (κ3) is 3.76. The average molecular weight is 579 g/mol. The Balaban J connectivity index is 1.91. The van der Waals surface area contributed by atoms with Crippen LogP contribution in [0.4, 0.5) is 0 Å². The van der Waals surface area contributed by atoms with Gasteiger partial charge in [-0.1, -0.05) is 39.8 Å². The predicted molar refractivity (Wildman–Crippen MR) is 146 cm³/mol. The molecule has 230 valence electrons. The second-order valence-electron chi connectivity index (χ2n) is 14.1. The van der Waals surface area contributed by atoms with Crippen LogP contribution >= 0.6 is 0 Å². The average Bonchev–Trinajstić information content (AvgIpc) is 3.20. The second-order valence-corrected chi connectivity index (χ2v) is 14.1. The highest BCUT2D eigenvalue weighted by Crippen LogP contribution is 2.73. The van der Waals surface area contributed by atoms with Gasteiger partial charge in [0.2, 0.25) is 5.60 Å². The van der Waals surface area contributed by atoms with E-state index in [2.05, 4.69) is 11.3 Å². The lowest BCUT2D eigenvalue weighted by Gasteiger charge is -2.69. The van der Waals surface area contributed by atoms with Gasteiger partial charge >= 0.3 is 11.9 Å². The van der Waals surface area contributed by atoms with Gasteiger partial charge in [-0.3, -0.25) is 14.4 Å². The summed E-state index contributed by atoms with van der Waals surface area (Å²) in [6, 6.07) is 0. The van der Waals surface area contributed by atoms with Gasteiger partial charge in [0, 0.05) is 23.2 Å².